The first-order chi connectivity index (χ1) is 4.61. The predicted molar refractivity (Wildman–Crippen MR) is 44.4 cm³/mol. The summed E-state index contributed by atoms with van der Waals surface area (Å²) >= 11 is 8.63. The molecule has 54 valence electrons. The summed E-state index contributed by atoms with van der Waals surface area (Å²) in [5, 5.41) is 0.233. The first-order valence-corrected chi connectivity index (χ1v) is 3.79. The molecule has 0 spiro atoms. The van der Waals surface area contributed by atoms with Gasteiger partial charge < -0.3 is 4.57 Å². The summed E-state index contributed by atoms with van der Waals surface area (Å²) in [5.41, 5.74) is -0.167. The van der Waals surface area contributed by atoms with Gasteiger partial charge in [-0.15, -0.1) is 0 Å². The van der Waals surface area contributed by atoms with Crippen molar-refractivity contribution in [3.8, 4) is 0 Å². The summed E-state index contributed by atoms with van der Waals surface area (Å²) in [4.78, 5) is 10.9. The molecule has 1 rings (SSSR count). The van der Waals surface area contributed by atoms with Gasteiger partial charge in [-0.1, -0.05) is 11.6 Å². The van der Waals surface area contributed by atoms with E-state index >= 15 is 0 Å². The second kappa shape index (κ2) is 2.76. The zero-order valence-corrected chi connectivity index (χ0v) is 7.61. The largest absolute Gasteiger partial charge is 0.354 e. The predicted octanol–water partition coefficient (Wildman–Crippen LogP) is 1.80. The van der Waals surface area contributed by atoms with Crippen LogP contribution < -0.4 is 5.43 Å². The van der Waals surface area contributed by atoms with Crippen LogP contribution in [0.25, 0.3) is 0 Å². The number of aromatic nitrogens is 1. The van der Waals surface area contributed by atoms with Gasteiger partial charge in [0, 0.05) is 19.4 Å². The Hall–Kier alpha value is -0.280. The monoisotopic (exact) mass is 221 g/mol. The van der Waals surface area contributed by atoms with Crippen molar-refractivity contribution in [3.05, 3.63) is 32.1 Å². The minimum absolute atomic E-state index is 0.167. The molecule has 0 aliphatic heterocycles. The molecule has 1 heterocycles. The smallest absolute Gasteiger partial charge is 0.214 e. The third-order valence-electron chi connectivity index (χ3n) is 1.07. The maximum atomic E-state index is 10.9. The fraction of sp³-hybridized carbons (Fsp3) is 0.167. The lowest BCUT2D eigenvalue weighted by molar-refractivity contribution is 0.894. The van der Waals surface area contributed by atoms with Crippen LogP contribution in [0, 0.1) is 0 Å². The average molecular weight is 222 g/mol. The molecule has 0 radical (unpaired) electrons. The number of pyridine rings is 1. The third kappa shape index (κ3) is 1.41. The molecule has 0 bridgehead atoms. The Kier molecular flexibility index (Phi) is 2.16. The lowest BCUT2D eigenvalue weighted by Gasteiger charge is -1.97. The van der Waals surface area contributed by atoms with E-state index in [0.717, 1.165) is 0 Å². The van der Waals surface area contributed by atoms with E-state index in [2.05, 4.69) is 15.9 Å². The van der Waals surface area contributed by atoms with Crippen molar-refractivity contribution in [2.24, 2.45) is 7.05 Å². The van der Waals surface area contributed by atoms with Gasteiger partial charge in [0.1, 0.15) is 5.02 Å². The number of hydrogen-bond donors (Lipinski definition) is 0. The molecule has 2 nitrogen and oxygen atoms in total. The van der Waals surface area contributed by atoms with Crippen LogP contribution in [0.5, 0.6) is 0 Å². The number of rotatable bonds is 0. The van der Waals surface area contributed by atoms with Crippen LogP contribution in [-0.2, 0) is 7.05 Å². The summed E-state index contributed by atoms with van der Waals surface area (Å²) in [6.45, 7) is 0. The maximum Gasteiger partial charge on any atom is 0.214 e. The van der Waals surface area contributed by atoms with Crippen LogP contribution in [0.15, 0.2) is 21.7 Å². The van der Waals surface area contributed by atoms with E-state index in [4.69, 9.17) is 11.6 Å². The Balaban J connectivity index is 3.46. The molecular weight excluding hydrogens is 217 g/mol. The molecule has 0 amide bonds. The molecule has 0 aromatic carbocycles. The van der Waals surface area contributed by atoms with Crippen molar-refractivity contribution in [2.75, 3.05) is 0 Å². The van der Waals surface area contributed by atoms with Crippen LogP contribution in [-0.4, -0.2) is 4.57 Å². The van der Waals surface area contributed by atoms with E-state index in [1.165, 1.54) is 0 Å². The van der Waals surface area contributed by atoms with E-state index < -0.39 is 0 Å². The molecule has 4 heteroatoms. The molecule has 0 aliphatic rings. The highest BCUT2D eigenvalue weighted by atomic mass is 79.9. The van der Waals surface area contributed by atoms with Crippen LogP contribution in [0.4, 0.5) is 0 Å². The van der Waals surface area contributed by atoms with Crippen LogP contribution in [0.1, 0.15) is 0 Å². The Morgan fingerprint density at radius 3 is 2.70 bits per heavy atom. The first-order valence-electron chi connectivity index (χ1n) is 2.62. The standard InChI is InChI=1S/C6H5BrClNO/c1-9-2-4(7)6(10)5(8)3-9/h2-3H,1H3. The van der Waals surface area contributed by atoms with Crippen molar-refractivity contribution in [1.29, 1.82) is 0 Å². The lowest BCUT2D eigenvalue weighted by atomic mass is 10.5. The molecule has 0 saturated carbocycles. The molecule has 1 aromatic rings. The van der Waals surface area contributed by atoms with Crippen LogP contribution >= 0.6 is 27.5 Å². The minimum atomic E-state index is -0.167. The van der Waals surface area contributed by atoms with Crippen molar-refractivity contribution in [3.63, 3.8) is 0 Å². The Labute approximate surface area is 71.6 Å². The molecule has 0 unspecified atom stereocenters. The summed E-state index contributed by atoms with van der Waals surface area (Å²) in [5.74, 6) is 0. The SMILES string of the molecule is Cn1cc(Cl)c(=O)c(Br)c1. The Morgan fingerprint density at radius 1 is 1.60 bits per heavy atom. The van der Waals surface area contributed by atoms with E-state index in [1.54, 1.807) is 24.0 Å². The van der Waals surface area contributed by atoms with Gasteiger partial charge in [-0.2, -0.15) is 0 Å². The Bertz CT molecular complexity index is 281. The molecule has 10 heavy (non-hydrogen) atoms. The molecule has 0 aliphatic carbocycles. The minimum Gasteiger partial charge on any atom is -0.354 e. The van der Waals surface area contributed by atoms with Gasteiger partial charge >= 0.3 is 0 Å². The second-order valence-corrected chi connectivity index (χ2v) is 3.21. The average Bonchev–Trinajstić information content (AvgIpc) is 1.82. The van der Waals surface area contributed by atoms with E-state index in [1.807, 2.05) is 0 Å². The second-order valence-electron chi connectivity index (χ2n) is 1.95. The van der Waals surface area contributed by atoms with Gasteiger partial charge in [0.2, 0.25) is 5.43 Å². The molecule has 1 aromatic heterocycles. The van der Waals surface area contributed by atoms with E-state index in [0.29, 0.717) is 4.47 Å². The van der Waals surface area contributed by atoms with Gasteiger partial charge in [-0.25, -0.2) is 0 Å². The van der Waals surface area contributed by atoms with Crippen LogP contribution in [0.3, 0.4) is 0 Å². The fourth-order valence-electron chi connectivity index (χ4n) is 0.626. The van der Waals surface area contributed by atoms with Gasteiger partial charge in [-0.3, -0.25) is 4.79 Å². The first kappa shape index (κ1) is 7.82. The zero-order valence-electron chi connectivity index (χ0n) is 5.27. The number of hydrogen-bond acceptors (Lipinski definition) is 1. The zero-order chi connectivity index (χ0) is 7.72. The molecule has 0 N–H and O–H groups in total. The van der Waals surface area contributed by atoms with Crippen molar-refractivity contribution in [1.82, 2.24) is 4.57 Å². The number of nitrogens with zero attached hydrogens (tertiary/aromatic N) is 1. The molecule has 0 fully saturated rings. The highest BCUT2D eigenvalue weighted by Crippen LogP contribution is 2.07. The number of aryl methyl sites for hydroxylation is 1. The summed E-state index contributed by atoms with van der Waals surface area (Å²) in [6.07, 6.45) is 3.23. The highest BCUT2D eigenvalue weighted by Gasteiger charge is 1.99. The highest BCUT2D eigenvalue weighted by molar-refractivity contribution is 9.10. The lowest BCUT2D eigenvalue weighted by Crippen LogP contribution is -2.05. The van der Waals surface area contributed by atoms with E-state index in [-0.39, 0.29) is 10.5 Å². The van der Waals surface area contributed by atoms with Crippen molar-refractivity contribution < 1.29 is 0 Å². The van der Waals surface area contributed by atoms with Gasteiger partial charge in [-0.05, 0) is 15.9 Å². The molecular formula is C6H5BrClNO. The molecule has 0 saturated heterocycles. The van der Waals surface area contributed by atoms with Crippen molar-refractivity contribution in [2.45, 2.75) is 0 Å². The van der Waals surface area contributed by atoms with Crippen molar-refractivity contribution >= 4 is 27.5 Å². The Morgan fingerprint density at radius 2 is 2.20 bits per heavy atom. The third-order valence-corrected chi connectivity index (χ3v) is 1.90. The van der Waals surface area contributed by atoms with Gasteiger partial charge in [0.15, 0.2) is 0 Å². The van der Waals surface area contributed by atoms with E-state index in [9.17, 15) is 4.79 Å². The quantitative estimate of drug-likeness (QED) is 0.656. The van der Waals surface area contributed by atoms with Gasteiger partial charge in [0.25, 0.3) is 0 Å². The fourth-order valence-corrected chi connectivity index (χ4v) is 1.53. The van der Waals surface area contributed by atoms with Gasteiger partial charge in [0.05, 0.1) is 4.47 Å². The maximum absolute atomic E-state index is 10.9. The number of halogens is 2. The normalized spacial score (nSPS) is 9.90. The summed E-state index contributed by atoms with van der Waals surface area (Å²) in [6, 6.07) is 0. The molecule has 0 atom stereocenters. The topological polar surface area (TPSA) is 22.0 Å². The summed E-state index contributed by atoms with van der Waals surface area (Å²) < 4.78 is 2.20. The summed E-state index contributed by atoms with van der Waals surface area (Å²) in [7, 11) is 1.80. The van der Waals surface area contributed by atoms with Crippen LogP contribution in [0.2, 0.25) is 5.02 Å².